The van der Waals surface area contributed by atoms with Gasteiger partial charge in [-0.25, -0.2) is 4.39 Å². The van der Waals surface area contributed by atoms with Crippen molar-refractivity contribution >= 4 is 33.3 Å². The lowest BCUT2D eigenvalue weighted by atomic mass is 10.1. The van der Waals surface area contributed by atoms with Gasteiger partial charge in [0, 0.05) is 31.0 Å². The van der Waals surface area contributed by atoms with Gasteiger partial charge in [0.15, 0.2) is 6.10 Å². The lowest BCUT2D eigenvalue weighted by Crippen LogP contribution is -2.29. The Labute approximate surface area is 186 Å². The van der Waals surface area contributed by atoms with E-state index in [0.29, 0.717) is 27.2 Å². The molecule has 1 aromatic carbocycles. The Morgan fingerprint density at radius 1 is 1.31 bits per heavy atom. The number of nitrogens with zero attached hydrogens (tertiary/aromatic N) is 2. The molecule has 0 radical (unpaired) electrons. The van der Waals surface area contributed by atoms with E-state index in [1.54, 1.807) is 43.6 Å². The van der Waals surface area contributed by atoms with Crippen molar-refractivity contribution in [2.45, 2.75) is 37.8 Å². The van der Waals surface area contributed by atoms with E-state index in [-0.39, 0.29) is 12.1 Å². The van der Waals surface area contributed by atoms with Gasteiger partial charge in [0.1, 0.15) is 6.17 Å². The monoisotopic (exact) mass is 466 g/mol. The third kappa shape index (κ3) is 5.18. The second kappa shape index (κ2) is 9.41. The number of thiophene rings is 1. The van der Waals surface area contributed by atoms with Crippen LogP contribution in [0.4, 0.5) is 23.2 Å². The molecule has 0 aliphatic carbocycles. The fourth-order valence-corrected chi connectivity index (χ4v) is 4.78. The molecule has 4 rings (SSSR count). The first-order chi connectivity index (χ1) is 15.3. The van der Waals surface area contributed by atoms with Crippen LogP contribution in [0.2, 0.25) is 0 Å². The summed E-state index contributed by atoms with van der Waals surface area (Å²) in [7, 11) is 0. The van der Waals surface area contributed by atoms with Gasteiger partial charge in [0.05, 0.1) is 33.9 Å². The first-order valence-electron chi connectivity index (χ1n) is 10.1. The van der Waals surface area contributed by atoms with Crippen LogP contribution in [0.1, 0.15) is 29.0 Å². The van der Waals surface area contributed by atoms with E-state index in [1.807, 2.05) is 6.07 Å². The first kappa shape index (κ1) is 22.5. The van der Waals surface area contributed by atoms with Crippen molar-refractivity contribution in [3.8, 4) is 0 Å². The molecule has 1 aliphatic rings. The highest BCUT2D eigenvalue weighted by Gasteiger charge is 2.32. The number of hydrogen-bond acceptors (Lipinski definition) is 6. The number of oxime groups is 1. The fourth-order valence-electron chi connectivity index (χ4n) is 3.62. The third-order valence-electron chi connectivity index (χ3n) is 5.25. The van der Waals surface area contributed by atoms with Gasteiger partial charge in [-0.15, -0.1) is 11.3 Å². The Morgan fingerprint density at radius 2 is 2.16 bits per heavy atom. The van der Waals surface area contributed by atoms with Gasteiger partial charge in [0.2, 0.25) is 0 Å². The molecule has 32 heavy (non-hydrogen) atoms. The second-order valence-electron chi connectivity index (χ2n) is 7.61. The number of nitrogens with one attached hydrogen (secondary N) is 2. The molecule has 1 aliphatic heterocycles. The van der Waals surface area contributed by atoms with Crippen LogP contribution in [0.3, 0.4) is 0 Å². The number of benzene rings is 1. The summed E-state index contributed by atoms with van der Waals surface area (Å²) >= 11 is 1.18. The van der Waals surface area contributed by atoms with Crippen molar-refractivity contribution in [3.63, 3.8) is 0 Å². The Kier molecular flexibility index (Phi) is 6.61. The molecule has 3 atom stereocenters. The highest BCUT2D eigenvalue weighted by molar-refractivity contribution is 7.21. The Balaban J connectivity index is 1.64. The number of halogens is 4. The van der Waals surface area contributed by atoms with Crippen molar-refractivity contribution in [2.24, 2.45) is 5.16 Å². The van der Waals surface area contributed by atoms with Crippen LogP contribution in [0.25, 0.3) is 10.1 Å². The molecule has 0 saturated carbocycles. The molecule has 3 aromatic rings. The molecular formula is C22H22F4N4OS. The topological polar surface area (TPSA) is 58.5 Å². The molecule has 1 fully saturated rings. The van der Waals surface area contributed by atoms with Gasteiger partial charge < -0.3 is 15.5 Å². The third-order valence-corrected chi connectivity index (χ3v) is 6.47. The standard InChI is InChI=1S/C22H22F4N4OS/c1-13(14-4-3-7-27-9-14)31-29-12-20-16(8-22(24,25)26)15-5-2-6-18(21(15)32-20)30-19-11-28-10-17(19)23/h2-7,9,12-13,17,19,28,30H,8,10-11H2,1H3/b29-12+/t13?,17-,19+/m0/s1. The number of anilines is 1. The van der Waals surface area contributed by atoms with E-state index in [1.165, 1.54) is 17.6 Å². The lowest BCUT2D eigenvalue weighted by molar-refractivity contribution is -0.126. The quantitative estimate of drug-likeness (QED) is 0.284. The summed E-state index contributed by atoms with van der Waals surface area (Å²) in [5.41, 5.74) is 1.54. The minimum absolute atomic E-state index is 0.129. The maximum absolute atomic E-state index is 14.1. The zero-order valence-corrected chi connectivity index (χ0v) is 18.0. The summed E-state index contributed by atoms with van der Waals surface area (Å²) < 4.78 is 54.7. The molecule has 0 bridgehead atoms. The van der Waals surface area contributed by atoms with Crippen molar-refractivity contribution in [1.29, 1.82) is 0 Å². The van der Waals surface area contributed by atoms with E-state index in [9.17, 15) is 17.6 Å². The smallest absolute Gasteiger partial charge is 0.388 e. The zero-order valence-electron chi connectivity index (χ0n) is 17.2. The van der Waals surface area contributed by atoms with Crippen LogP contribution < -0.4 is 10.6 Å². The minimum Gasteiger partial charge on any atom is -0.388 e. The maximum Gasteiger partial charge on any atom is 0.393 e. The summed E-state index contributed by atoms with van der Waals surface area (Å²) in [6.45, 7) is 2.48. The molecule has 0 amide bonds. The van der Waals surface area contributed by atoms with Crippen molar-refractivity contribution < 1.29 is 22.4 Å². The number of alkyl halides is 4. The Bertz CT molecular complexity index is 1090. The lowest BCUT2D eigenvalue weighted by Gasteiger charge is -2.16. The zero-order chi connectivity index (χ0) is 22.7. The van der Waals surface area contributed by atoms with Crippen LogP contribution in [-0.4, -0.2) is 42.7 Å². The van der Waals surface area contributed by atoms with E-state index < -0.39 is 30.9 Å². The largest absolute Gasteiger partial charge is 0.393 e. The molecule has 5 nitrogen and oxygen atoms in total. The van der Waals surface area contributed by atoms with E-state index in [2.05, 4.69) is 20.8 Å². The van der Waals surface area contributed by atoms with Crippen LogP contribution >= 0.6 is 11.3 Å². The van der Waals surface area contributed by atoms with Gasteiger partial charge in [-0.3, -0.25) is 4.98 Å². The SMILES string of the molecule is CC(O/N=C/c1sc2c(N[C@@H]3CNC[C@@H]3F)cccc2c1CC(F)(F)F)c1cccnc1. The van der Waals surface area contributed by atoms with Crippen LogP contribution in [0.15, 0.2) is 47.9 Å². The normalized spacial score (nSPS) is 20.2. The van der Waals surface area contributed by atoms with Crippen molar-refractivity contribution in [1.82, 2.24) is 10.3 Å². The maximum atomic E-state index is 14.1. The number of hydrogen-bond donors (Lipinski definition) is 2. The molecule has 2 N–H and O–H groups in total. The highest BCUT2D eigenvalue weighted by atomic mass is 32.1. The summed E-state index contributed by atoms with van der Waals surface area (Å²) in [6.07, 6.45) is -2.36. The van der Waals surface area contributed by atoms with E-state index in [4.69, 9.17) is 4.84 Å². The van der Waals surface area contributed by atoms with Crippen LogP contribution in [0.5, 0.6) is 0 Å². The van der Waals surface area contributed by atoms with Gasteiger partial charge >= 0.3 is 6.18 Å². The minimum atomic E-state index is -4.39. The number of rotatable bonds is 7. The molecular weight excluding hydrogens is 444 g/mol. The van der Waals surface area contributed by atoms with Crippen LogP contribution in [0, 0.1) is 0 Å². The number of pyridine rings is 1. The van der Waals surface area contributed by atoms with Crippen molar-refractivity contribution in [3.05, 3.63) is 58.7 Å². The molecule has 170 valence electrons. The molecule has 3 heterocycles. The van der Waals surface area contributed by atoms with Crippen LogP contribution in [-0.2, 0) is 11.3 Å². The number of aromatic nitrogens is 1. The Hall–Kier alpha value is -2.72. The summed E-state index contributed by atoms with van der Waals surface area (Å²) in [5, 5.41) is 10.5. The predicted octanol–water partition coefficient (Wildman–Crippen LogP) is 5.23. The van der Waals surface area contributed by atoms with E-state index >= 15 is 0 Å². The molecule has 1 unspecified atom stereocenters. The molecule has 10 heteroatoms. The second-order valence-corrected chi connectivity index (χ2v) is 8.66. The summed E-state index contributed by atoms with van der Waals surface area (Å²) in [6, 6.07) is 8.24. The Morgan fingerprint density at radius 3 is 2.84 bits per heavy atom. The molecule has 1 saturated heterocycles. The van der Waals surface area contributed by atoms with E-state index in [0.717, 1.165) is 5.56 Å². The predicted molar refractivity (Wildman–Crippen MR) is 118 cm³/mol. The molecule has 2 aromatic heterocycles. The van der Waals surface area contributed by atoms with Crippen molar-refractivity contribution in [2.75, 3.05) is 18.4 Å². The van der Waals surface area contributed by atoms with Gasteiger partial charge in [-0.1, -0.05) is 23.4 Å². The highest BCUT2D eigenvalue weighted by Crippen LogP contribution is 2.39. The van der Waals surface area contributed by atoms with Gasteiger partial charge in [0.25, 0.3) is 0 Å². The average Bonchev–Trinajstić information content (AvgIpc) is 3.31. The fraction of sp³-hybridized carbons (Fsp3) is 0.364. The van der Waals surface area contributed by atoms with Gasteiger partial charge in [-0.2, -0.15) is 13.2 Å². The molecule has 0 spiro atoms. The summed E-state index contributed by atoms with van der Waals surface area (Å²) in [5.74, 6) is 0. The number of fused-ring (bicyclic) bond motifs is 1. The van der Waals surface area contributed by atoms with Gasteiger partial charge in [-0.05, 0) is 30.0 Å². The first-order valence-corrected chi connectivity index (χ1v) is 10.9. The average molecular weight is 467 g/mol. The summed E-state index contributed by atoms with van der Waals surface area (Å²) in [4.78, 5) is 9.82.